The van der Waals surface area contributed by atoms with Crippen LogP contribution in [0, 0.1) is 5.92 Å². The lowest BCUT2D eigenvalue weighted by molar-refractivity contribution is -0.161. The predicted molar refractivity (Wildman–Crippen MR) is 331 cm³/mol. The van der Waals surface area contributed by atoms with Crippen molar-refractivity contribution in [3.63, 3.8) is 0 Å². The Bertz CT molecular complexity index is 1620. The van der Waals surface area contributed by atoms with E-state index in [1.54, 1.807) is 0 Å². The number of phosphoric acid groups is 2. The largest absolute Gasteiger partial charge is 0.472 e. The molecule has 0 aromatic rings. The van der Waals surface area contributed by atoms with Crippen molar-refractivity contribution in [1.29, 1.82) is 0 Å². The van der Waals surface area contributed by atoms with E-state index in [1.807, 2.05) is 0 Å². The first-order chi connectivity index (χ1) is 40.1. The number of rotatable bonds is 64. The summed E-state index contributed by atoms with van der Waals surface area (Å²) in [7, 11) is -9.88. The van der Waals surface area contributed by atoms with Crippen molar-refractivity contribution < 1.29 is 80.2 Å². The van der Waals surface area contributed by atoms with Gasteiger partial charge in [0, 0.05) is 25.7 Å². The number of ether oxygens (including phenoxy) is 4. The van der Waals surface area contributed by atoms with Gasteiger partial charge in [0.2, 0.25) is 0 Å². The summed E-state index contributed by atoms with van der Waals surface area (Å²) in [6, 6.07) is 0. The van der Waals surface area contributed by atoms with Crippen molar-refractivity contribution in [2.24, 2.45) is 5.92 Å². The van der Waals surface area contributed by atoms with Crippen LogP contribution in [-0.4, -0.2) is 96.7 Å². The molecule has 0 aromatic carbocycles. The van der Waals surface area contributed by atoms with E-state index in [4.69, 9.17) is 37.0 Å². The van der Waals surface area contributed by atoms with Crippen LogP contribution in [0.15, 0.2) is 0 Å². The van der Waals surface area contributed by atoms with Gasteiger partial charge in [-0.1, -0.05) is 272 Å². The van der Waals surface area contributed by atoms with Gasteiger partial charge in [-0.25, -0.2) is 9.13 Å². The van der Waals surface area contributed by atoms with Crippen molar-refractivity contribution in [3.8, 4) is 0 Å². The summed E-state index contributed by atoms with van der Waals surface area (Å²) in [4.78, 5) is 72.1. The van der Waals surface area contributed by atoms with Crippen molar-refractivity contribution in [2.75, 3.05) is 39.6 Å². The van der Waals surface area contributed by atoms with Crippen LogP contribution in [-0.2, 0) is 65.4 Å². The van der Waals surface area contributed by atoms with Crippen molar-refractivity contribution >= 4 is 39.5 Å². The lowest BCUT2D eigenvalue weighted by Gasteiger charge is -2.21. The van der Waals surface area contributed by atoms with E-state index in [-0.39, 0.29) is 25.7 Å². The SMILES string of the molecule is CCCCCCCCCCCCCC(=O)OC[C@H](COP(=O)(O)OC[C@@H](O)COP(=O)(O)OC[C@@H](COC(=O)CCCCCCCCCC)OC(=O)CCCCCCCCCCCC)OC(=O)CCCCCCCCCCCCC(C)CC. The molecule has 0 fully saturated rings. The van der Waals surface area contributed by atoms with Gasteiger partial charge in [-0.05, 0) is 31.6 Å². The summed E-state index contributed by atoms with van der Waals surface area (Å²) in [6.07, 6.45) is 41.5. The molecule has 0 rings (SSSR count). The molecule has 3 N–H and O–H groups in total. The number of phosphoric ester groups is 2. The molecule has 0 saturated carbocycles. The predicted octanol–water partition coefficient (Wildman–Crippen LogP) is 17.8. The van der Waals surface area contributed by atoms with Gasteiger partial charge < -0.3 is 33.8 Å². The van der Waals surface area contributed by atoms with Gasteiger partial charge in [0.15, 0.2) is 12.2 Å². The molecule has 83 heavy (non-hydrogen) atoms. The first-order valence-electron chi connectivity index (χ1n) is 33.7. The quantitative estimate of drug-likeness (QED) is 0.0222. The van der Waals surface area contributed by atoms with Crippen molar-refractivity contribution in [2.45, 2.75) is 342 Å². The zero-order chi connectivity index (χ0) is 61.3. The minimum Gasteiger partial charge on any atom is -0.462 e. The molecule has 0 heterocycles. The van der Waals surface area contributed by atoms with Gasteiger partial charge >= 0.3 is 39.5 Å². The lowest BCUT2D eigenvalue weighted by Crippen LogP contribution is -2.30. The van der Waals surface area contributed by atoms with Crippen molar-refractivity contribution in [3.05, 3.63) is 0 Å². The summed E-state index contributed by atoms with van der Waals surface area (Å²) in [5.41, 5.74) is 0. The molecule has 0 bridgehead atoms. The molecule has 0 amide bonds. The number of hydrogen-bond acceptors (Lipinski definition) is 15. The lowest BCUT2D eigenvalue weighted by atomic mass is 9.99. The highest BCUT2D eigenvalue weighted by Crippen LogP contribution is 2.45. The van der Waals surface area contributed by atoms with Crippen LogP contribution in [0.1, 0.15) is 324 Å². The Kier molecular flexibility index (Phi) is 56.4. The number of unbranched alkanes of at least 4 members (excludes halogenated alkanes) is 35. The van der Waals surface area contributed by atoms with Gasteiger partial charge in [0.1, 0.15) is 19.3 Å². The minimum absolute atomic E-state index is 0.106. The number of hydrogen-bond donors (Lipinski definition) is 3. The van der Waals surface area contributed by atoms with E-state index >= 15 is 0 Å². The fourth-order valence-corrected chi connectivity index (χ4v) is 11.1. The van der Waals surface area contributed by atoms with Crippen LogP contribution in [0.3, 0.4) is 0 Å². The Morgan fingerprint density at radius 2 is 0.578 bits per heavy atom. The second kappa shape index (κ2) is 57.8. The summed E-state index contributed by atoms with van der Waals surface area (Å²) in [5, 5.41) is 10.5. The number of esters is 4. The summed E-state index contributed by atoms with van der Waals surface area (Å²) < 4.78 is 67.9. The number of aliphatic hydroxyl groups is 1. The molecule has 0 aliphatic carbocycles. The summed E-state index contributed by atoms with van der Waals surface area (Å²) >= 11 is 0. The zero-order valence-electron chi connectivity index (χ0n) is 53.3. The molecule has 0 aromatic heterocycles. The van der Waals surface area contributed by atoms with Gasteiger partial charge in [0.25, 0.3) is 0 Å². The monoisotopic (exact) mass is 1230 g/mol. The van der Waals surface area contributed by atoms with Crippen LogP contribution in [0.5, 0.6) is 0 Å². The fraction of sp³-hybridized carbons (Fsp3) is 0.938. The minimum atomic E-state index is -4.94. The second-order valence-corrected chi connectivity index (χ2v) is 26.3. The van der Waals surface area contributed by atoms with Gasteiger partial charge in [-0.2, -0.15) is 0 Å². The molecular weight excluding hydrogens is 1100 g/mol. The fourth-order valence-electron chi connectivity index (χ4n) is 9.55. The Balaban J connectivity index is 5.23. The zero-order valence-corrected chi connectivity index (χ0v) is 55.1. The number of aliphatic hydroxyl groups excluding tert-OH is 1. The molecule has 3 unspecified atom stereocenters. The maximum atomic E-state index is 13.0. The van der Waals surface area contributed by atoms with E-state index in [1.165, 1.54) is 141 Å². The van der Waals surface area contributed by atoms with Crippen molar-refractivity contribution in [1.82, 2.24) is 0 Å². The van der Waals surface area contributed by atoms with E-state index in [9.17, 15) is 43.2 Å². The van der Waals surface area contributed by atoms with Crippen LogP contribution >= 0.6 is 15.6 Å². The van der Waals surface area contributed by atoms with Crippen LogP contribution in [0.25, 0.3) is 0 Å². The Morgan fingerprint density at radius 3 is 0.855 bits per heavy atom. The second-order valence-electron chi connectivity index (χ2n) is 23.4. The third-order valence-electron chi connectivity index (χ3n) is 15.1. The number of carbonyl (C=O) groups is 4. The van der Waals surface area contributed by atoms with E-state index < -0.39 is 97.5 Å². The topological polar surface area (TPSA) is 237 Å². The molecule has 492 valence electrons. The average Bonchev–Trinajstić information content (AvgIpc) is 3.46. The van der Waals surface area contributed by atoms with Gasteiger partial charge in [-0.15, -0.1) is 0 Å². The van der Waals surface area contributed by atoms with Gasteiger partial charge in [0.05, 0.1) is 26.4 Å². The third kappa shape index (κ3) is 57.6. The molecule has 0 radical (unpaired) electrons. The highest BCUT2D eigenvalue weighted by molar-refractivity contribution is 7.47. The molecule has 17 nitrogen and oxygen atoms in total. The molecule has 19 heteroatoms. The van der Waals surface area contributed by atoms with Crippen LogP contribution < -0.4 is 0 Å². The van der Waals surface area contributed by atoms with E-state index in [0.717, 1.165) is 102 Å². The summed E-state index contributed by atoms with van der Waals surface area (Å²) in [6.45, 7) is 7.19. The Hall–Kier alpha value is -1.94. The van der Waals surface area contributed by atoms with E-state index in [0.29, 0.717) is 25.7 Å². The normalized spacial score (nSPS) is 14.6. The molecule has 0 saturated heterocycles. The third-order valence-corrected chi connectivity index (χ3v) is 17.0. The Labute approximate surface area is 505 Å². The van der Waals surface area contributed by atoms with Crippen LogP contribution in [0.2, 0.25) is 0 Å². The van der Waals surface area contributed by atoms with E-state index in [2.05, 4.69) is 34.6 Å². The first-order valence-corrected chi connectivity index (χ1v) is 36.7. The Morgan fingerprint density at radius 1 is 0.337 bits per heavy atom. The maximum absolute atomic E-state index is 13.0. The van der Waals surface area contributed by atoms with Gasteiger partial charge in [-0.3, -0.25) is 37.3 Å². The molecule has 0 spiro atoms. The molecular formula is C64H124O17P2. The maximum Gasteiger partial charge on any atom is 0.472 e. The average molecular weight is 1230 g/mol. The molecule has 0 aliphatic rings. The first kappa shape index (κ1) is 81.1. The standard InChI is InChI=1S/C64H124O17P2/c1-6-10-13-16-19-22-24-29-33-38-43-48-62(67)75-54-60(81-64(69)50-45-40-35-30-26-25-27-31-36-41-46-57(5)9-4)56-79-83(72,73)77-52-58(65)51-76-82(70,71)78-55-59(53-74-61(66)47-42-37-32-21-18-15-12-8-3)80-63(68)49-44-39-34-28-23-20-17-14-11-7-2/h57-60,65H,6-56H2,1-5H3,(H,70,71)(H,72,73)/t57?,58-,59+,60+/m0/s1. The smallest absolute Gasteiger partial charge is 0.462 e. The highest BCUT2D eigenvalue weighted by Gasteiger charge is 2.30. The molecule has 6 atom stereocenters. The summed E-state index contributed by atoms with van der Waals surface area (Å²) in [5.74, 6) is -1.33. The number of carbonyl (C=O) groups excluding carboxylic acids is 4. The molecule has 0 aliphatic heterocycles. The highest BCUT2D eigenvalue weighted by atomic mass is 31.2. The van der Waals surface area contributed by atoms with Crippen LogP contribution in [0.4, 0.5) is 0 Å².